The number of para-hydroxylation sites is 1. The standard InChI is InChI=1S/C15H23N3O3/c1-15(2,3)18-12(19)8-9-17-11-7-5-6-10(13(11)16)14(20)21-4/h5-7,17H,8-9,16H2,1-4H3,(H,18,19). The highest BCUT2D eigenvalue weighted by Crippen LogP contribution is 2.23. The van der Waals surface area contributed by atoms with Crippen molar-refractivity contribution >= 4 is 23.3 Å². The molecule has 0 atom stereocenters. The van der Waals surface area contributed by atoms with Gasteiger partial charge in [-0.1, -0.05) is 6.07 Å². The number of hydrogen-bond acceptors (Lipinski definition) is 5. The first-order chi connectivity index (χ1) is 9.74. The predicted octanol–water partition coefficient (Wildman–Crippen LogP) is 1.77. The molecule has 1 rings (SSSR count). The van der Waals surface area contributed by atoms with Gasteiger partial charge in [0, 0.05) is 18.5 Å². The number of ether oxygens (including phenoxy) is 1. The summed E-state index contributed by atoms with van der Waals surface area (Å²) < 4.78 is 4.66. The van der Waals surface area contributed by atoms with Crippen molar-refractivity contribution in [2.24, 2.45) is 0 Å². The van der Waals surface area contributed by atoms with Crippen LogP contribution in [0, 0.1) is 0 Å². The van der Waals surface area contributed by atoms with Crippen LogP contribution in [0.15, 0.2) is 18.2 Å². The molecule has 0 unspecified atom stereocenters. The molecule has 0 saturated heterocycles. The molecule has 0 radical (unpaired) electrons. The first-order valence-corrected chi connectivity index (χ1v) is 6.76. The second-order valence-electron chi connectivity index (χ2n) is 5.73. The number of nitrogen functional groups attached to an aromatic ring is 1. The van der Waals surface area contributed by atoms with Crippen LogP contribution in [0.3, 0.4) is 0 Å². The average molecular weight is 293 g/mol. The van der Waals surface area contributed by atoms with Gasteiger partial charge in [0.2, 0.25) is 5.91 Å². The zero-order valence-electron chi connectivity index (χ0n) is 12.9. The maximum atomic E-state index is 11.7. The van der Waals surface area contributed by atoms with E-state index in [-0.39, 0.29) is 11.4 Å². The quantitative estimate of drug-likeness (QED) is 0.568. The summed E-state index contributed by atoms with van der Waals surface area (Å²) in [5, 5.41) is 5.93. The molecule has 1 amide bonds. The fraction of sp³-hybridized carbons (Fsp3) is 0.467. The fourth-order valence-electron chi connectivity index (χ4n) is 1.80. The Hall–Kier alpha value is -2.24. The van der Waals surface area contributed by atoms with Gasteiger partial charge >= 0.3 is 5.97 Å². The highest BCUT2D eigenvalue weighted by atomic mass is 16.5. The number of nitrogens with two attached hydrogens (primary N) is 1. The summed E-state index contributed by atoms with van der Waals surface area (Å²) in [5.41, 5.74) is 6.90. The summed E-state index contributed by atoms with van der Waals surface area (Å²) >= 11 is 0. The third-order valence-electron chi connectivity index (χ3n) is 2.69. The molecule has 0 aliphatic rings. The molecule has 6 nitrogen and oxygen atoms in total. The largest absolute Gasteiger partial charge is 0.465 e. The number of methoxy groups -OCH3 is 1. The number of nitrogens with one attached hydrogen (secondary N) is 2. The van der Waals surface area contributed by atoms with Crippen molar-refractivity contribution in [2.45, 2.75) is 32.7 Å². The maximum absolute atomic E-state index is 11.7. The minimum Gasteiger partial charge on any atom is -0.465 e. The molecule has 21 heavy (non-hydrogen) atoms. The van der Waals surface area contributed by atoms with Gasteiger partial charge in [-0.25, -0.2) is 4.79 Å². The molecule has 0 aromatic heterocycles. The van der Waals surface area contributed by atoms with Gasteiger partial charge in [-0.2, -0.15) is 0 Å². The van der Waals surface area contributed by atoms with E-state index in [9.17, 15) is 9.59 Å². The summed E-state index contributed by atoms with van der Waals surface area (Å²) in [6.45, 7) is 6.21. The van der Waals surface area contributed by atoms with Crippen LogP contribution in [-0.2, 0) is 9.53 Å². The number of hydrogen-bond donors (Lipinski definition) is 3. The number of rotatable bonds is 5. The summed E-state index contributed by atoms with van der Waals surface area (Å²) in [5.74, 6) is -0.528. The van der Waals surface area contributed by atoms with Gasteiger partial charge in [0.25, 0.3) is 0 Å². The second-order valence-corrected chi connectivity index (χ2v) is 5.73. The van der Waals surface area contributed by atoms with E-state index >= 15 is 0 Å². The number of carbonyl (C=O) groups excluding carboxylic acids is 2. The van der Waals surface area contributed by atoms with Gasteiger partial charge in [0.1, 0.15) is 0 Å². The Balaban J connectivity index is 2.61. The van der Waals surface area contributed by atoms with Gasteiger partial charge < -0.3 is 21.1 Å². The van der Waals surface area contributed by atoms with Gasteiger partial charge in [0.05, 0.1) is 24.0 Å². The summed E-state index contributed by atoms with van der Waals surface area (Å²) in [6.07, 6.45) is 0.319. The molecule has 0 aliphatic heterocycles. The number of benzene rings is 1. The zero-order valence-corrected chi connectivity index (χ0v) is 12.9. The van der Waals surface area contributed by atoms with Crippen LogP contribution >= 0.6 is 0 Å². The molecule has 0 spiro atoms. The molecule has 4 N–H and O–H groups in total. The molecular formula is C15H23N3O3. The predicted molar refractivity (Wildman–Crippen MR) is 83.2 cm³/mol. The molecule has 116 valence electrons. The Morgan fingerprint density at radius 1 is 1.29 bits per heavy atom. The van der Waals surface area contributed by atoms with E-state index in [2.05, 4.69) is 15.4 Å². The van der Waals surface area contributed by atoms with Crippen LogP contribution < -0.4 is 16.4 Å². The SMILES string of the molecule is COC(=O)c1cccc(NCCC(=O)NC(C)(C)C)c1N. The van der Waals surface area contributed by atoms with Crippen molar-refractivity contribution in [3.63, 3.8) is 0 Å². The van der Waals surface area contributed by atoms with E-state index in [1.54, 1.807) is 18.2 Å². The van der Waals surface area contributed by atoms with Crippen molar-refractivity contribution in [1.82, 2.24) is 5.32 Å². The molecule has 1 aromatic rings. The molecule has 0 heterocycles. The average Bonchev–Trinajstić information content (AvgIpc) is 2.38. The Labute approximate surface area is 125 Å². The number of carbonyl (C=O) groups is 2. The third-order valence-corrected chi connectivity index (χ3v) is 2.69. The molecule has 0 fully saturated rings. The number of amides is 1. The summed E-state index contributed by atoms with van der Waals surface area (Å²) in [7, 11) is 1.30. The third kappa shape index (κ3) is 5.33. The van der Waals surface area contributed by atoms with Crippen molar-refractivity contribution in [3.05, 3.63) is 23.8 Å². The topological polar surface area (TPSA) is 93.4 Å². The molecule has 0 bridgehead atoms. The van der Waals surface area contributed by atoms with Crippen LogP contribution in [0.5, 0.6) is 0 Å². The van der Waals surface area contributed by atoms with Crippen molar-refractivity contribution in [3.8, 4) is 0 Å². The van der Waals surface area contributed by atoms with Gasteiger partial charge in [0.15, 0.2) is 0 Å². The van der Waals surface area contributed by atoms with Crippen LogP contribution in [0.25, 0.3) is 0 Å². The molecular weight excluding hydrogens is 270 g/mol. The number of esters is 1. The first-order valence-electron chi connectivity index (χ1n) is 6.76. The smallest absolute Gasteiger partial charge is 0.340 e. The van der Waals surface area contributed by atoms with E-state index < -0.39 is 5.97 Å². The molecule has 1 aromatic carbocycles. The van der Waals surface area contributed by atoms with Gasteiger partial charge in [-0.3, -0.25) is 4.79 Å². The van der Waals surface area contributed by atoms with E-state index in [0.717, 1.165) is 0 Å². The Kier molecular flexibility index (Phi) is 5.58. The van der Waals surface area contributed by atoms with Gasteiger partial charge in [-0.05, 0) is 32.9 Å². The van der Waals surface area contributed by atoms with Crippen LogP contribution in [0.4, 0.5) is 11.4 Å². The van der Waals surface area contributed by atoms with Crippen LogP contribution in [-0.4, -0.2) is 31.1 Å². The summed E-state index contributed by atoms with van der Waals surface area (Å²) in [4.78, 5) is 23.2. The zero-order chi connectivity index (χ0) is 16.0. The van der Waals surface area contributed by atoms with Gasteiger partial charge in [-0.15, -0.1) is 0 Å². The Morgan fingerprint density at radius 3 is 2.52 bits per heavy atom. The lowest BCUT2D eigenvalue weighted by molar-refractivity contribution is -0.122. The lowest BCUT2D eigenvalue weighted by Crippen LogP contribution is -2.41. The van der Waals surface area contributed by atoms with Crippen molar-refractivity contribution < 1.29 is 14.3 Å². The van der Waals surface area contributed by atoms with E-state index in [4.69, 9.17) is 5.73 Å². The van der Waals surface area contributed by atoms with E-state index in [1.807, 2.05) is 20.8 Å². The Bertz CT molecular complexity index is 521. The maximum Gasteiger partial charge on any atom is 0.340 e. The first kappa shape index (κ1) is 16.8. The van der Waals surface area contributed by atoms with Crippen molar-refractivity contribution in [2.75, 3.05) is 24.7 Å². The molecule has 6 heteroatoms. The fourth-order valence-corrected chi connectivity index (χ4v) is 1.80. The lowest BCUT2D eigenvalue weighted by atomic mass is 10.1. The Morgan fingerprint density at radius 2 is 1.95 bits per heavy atom. The minimum atomic E-state index is -0.485. The lowest BCUT2D eigenvalue weighted by Gasteiger charge is -2.20. The highest BCUT2D eigenvalue weighted by Gasteiger charge is 2.14. The number of anilines is 2. The van der Waals surface area contributed by atoms with Crippen molar-refractivity contribution in [1.29, 1.82) is 0 Å². The normalized spacial score (nSPS) is 10.9. The monoisotopic (exact) mass is 293 g/mol. The minimum absolute atomic E-state index is 0.0438. The molecule has 0 saturated carbocycles. The van der Waals surface area contributed by atoms with E-state index in [1.165, 1.54) is 7.11 Å². The molecule has 0 aliphatic carbocycles. The summed E-state index contributed by atoms with van der Waals surface area (Å²) in [6, 6.07) is 5.06. The van der Waals surface area contributed by atoms with Crippen LogP contribution in [0.1, 0.15) is 37.6 Å². The second kappa shape index (κ2) is 6.97. The van der Waals surface area contributed by atoms with Crippen LogP contribution in [0.2, 0.25) is 0 Å². The van der Waals surface area contributed by atoms with E-state index in [0.29, 0.717) is 29.9 Å². The highest BCUT2D eigenvalue weighted by molar-refractivity contribution is 5.98.